The molecule has 3 aromatic rings. The molecule has 24 heavy (non-hydrogen) atoms. The van der Waals surface area contributed by atoms with E-state index in [-0.39, 0.29) is 5.82 Å². The maximum atomic E-state index is 12.9. The Bertz CT molecular complexity index is 805. The first-order valence-electron chi connectivity index (χ1n) is 7.67. The lowest BCUT2D eigenvalue weighted by atomic mass is 10.1. The summed E-state index contributed by atoms with van der Waals surface area (Å²) in [6.45, 7) is 3.24. The summed E-state index contributed by atoms with van der Waals surface area (Å²) >= 11 is 0. The molecule has 0 spiro atoms. The average molecular weight is 323 g/mol. The van der Waals surface area contributed by atoms with E-state index in [0.29, 0.717) is 24.9 Å². The molecule has 0 aliphatic rings. The number of aromatic nitrogens is 3. The Labute approximate surface area is 140 Å². The maximum Gasteiger partial charge on any atom is 0.244 e. The van der Waals surface area contributed by atoms with E-state index in [4.69, 9.17) is 0 Å². The van der Waals surface area contributed by atoms with Crippen LogP contribution in [0.5, 0.6) is 0 Å². The van der Waals surface area contributed by atoms with Gasteiger partial charge in [0.05, 0.1) is 6.20 Å². The Morgan fingerprint density at radius 2 is 1.75 bits per heavy atom. The van der Waals surface area contributed by atoms with Crippen LogP contribution >= 0.6 is 0 Å². The summed E-state index contributed by atoms with van der Waals surface area (Å²) in [6, 6.07) is 14.5. The van der Waals surface area contributed by atoms with Gasteiger partial charge in [0, 0.05) is 13.1 Å². The molecule has 3 rings (SSSR count). The van der Waals surface area contributed by atoms with E-state index < -0.39 is 0 Å². The summed E-state index contributed by atoms with van der Waals surface area (Å²) in [6.07, 6.45) is 1.56. The monoisotopic (exact) mass is 323 g/mol. The summed E-state index contributed by atoms with van der Waals surface area (Å²) in [5.41, 5.74) is 3.36. The number of hydrogen-bond donors (Lipinski definition) is 2. The highest BCUT2D eigenvalue weighted by atomic mass is 19.1. The van der Waals surface area contributed by atoms with E-state index in [2.05, 4.69) is 44.9 Å². The largest absolute Gasteiger partial charge is 0.365 e. The number of rotatable bonds is 6. The minimum absolute atomic E-state index is 0.245. The first-order valence-corrected chi connectivity index (χ1v) is 7.67. The molecule has 0 unspecified atom stereocenters. The summed E-state index contributed by atoms with van der Waals surface area (Å²) in [4.78, 5) is 4.38. The SMILES string of the molecule is Cc1ccccc1CNc1nncc(NCc2ccc(F)cc2)n1. The fraction of sp³-hybridized carbons (Fsp3) is 0.167. The van der Waals surface area contributed by atoms with Crippen molar-refractivity contribution in [3.63, 3.8) is 0 Å². The molecule has 0 saturated heterocycles. The van der Waals surface area contributed by atoms with Crippen LogP contribution in [0.25, 0.3) is 0 Å². The molecule has 0 fully saturated rings. The Morgan fingerprint density at radius 3 is 2.54 bits per heavy atom. The molecular weight excluding hydrogens is 305 g/mol. The molecule has 1 heterocycles. The number of nitrogens with one attached hydrogen (secondary N) is 2. The van der Waals surface area contributed by atoms with E-state index in [1.54, 1.807) is 18.3 Å². The van der Waals surface area contributed by atoms with Crippen molar-refractivity contribution in [3.8, 4) is 0 Å². The molecular formula is C18H18FN5. The van der Waals surface area contributed by atoms with Crippen LogP contribution in [0.2, 0.25) is 0 Å². The Morgan fingerprint density at radius 1 is 0.958 bits per heavy atom. The van der Waals surface area contributed by atoms with Gasteiger partial charge >= 0.3 is 0 Å². The van der Waals surface area contributed by atoms with Crippen molar-refractivity contribution in [2.45, 2.75) is 20.0 Å². The van der Waals surface area contributed by atoms with Crippen LogP contribution in [0, 0.1) is 12.7 Å². The Balaban J connectivity index is 1.59. The number of benzene rings is 2. The van der Waals surface area contributed by atoms with Crippen LogP contribution in [0.3, 0.4) is 0 Å². The molecule has 0 aliphatic heterocycles. The summed E-state index contributed by atoms with van der Waals surface area (Å²) in [5, 5.41) is 14.3. The second-order valence-electron chi connectivity index (χ2n) is 5.43. The van der Waals surface area contributed by atoms with Crippen molar-refractivity contribution in [1.82, 2.24) is 15.2 Å². The zero-order valence-corrected chi connectivity index (χ0v) is 13.3. The Kier molecular flexibility index (Phi) is 4.96. The highest BCUT2D eigenvalue weighted by Gasteiger charge is 2.02. The van der Waals surface area contributed by atoms with Gasteiger partial charge in [0.2, 0.25) is 5.95 Å². The van der Waals surface area contributed by atoms with Gasteiger partial charge in [-0.25, -0.2) is 4.39 Å². The molecule has 0 saturated carbocycles. The van der Waals surface area contributed by atoms with Crippen molar-refractivity contribution in [2.75, 3.05) is 10.6 Å². The fourth-order valence-electron chi connectivity index (χ4n) is 2.24. The Hall–Kier alpha value is -3.02. The molecule has 2 aromatic carbocycles. The first kappa shape index (κ1) is 15.9. The second-order valence-corrected chi connectivity index (χ2v) is 5.43. The summed E-state index contributed by atoms with van der Waals surface area (Å²) in [7, 11) is 0. The molecule has 2 N–H and O–H groups in total. The molecule has 0 radical (unpaired) electrons. The fourth-order valence-corrected chi connectivity index (χ4v) is 2.24. The van der Waals surface area contributed by atoms with Gasteiger partial charge in [0.15, 0.2) is 5.82 Å². The molecule has 0 aliphatic carbocycles. The maximum absolute atomic E-state index is 12.9. The van der Waals surface area contributed by atoms with Crippen molar-refractivity contribution >= 4 is 11.8 Å². The highest BCUT2D eigenvalue weighted by molar-refractivity contribution is 5.39. The van der Waals surface area contributed by atoms with Gasteiger partial charge in [0.1, 0.15) is 5.82 Å². The highest BCUT2D eigenvalue weighted by Crippen LogP contribution is 2.11. The zero-order valence-electron chi connectivity index (χ0n) is 13.3. The van der Waals surface area contributed by atoms with Gasteiger partial charge < -0.3 is 10.6 Å². The standard InChI is InChI=1S/C18H18FN5/c1-13-4-2-3-5-15(13)11-21-18-23-17(12-22-24-18)20-10-14-6-8-16(19)9-7-14/h2-9,12H,10-11H2,1H3,(H2,20,21,23,24). The summed E-state index contributed by atoms with van der Waals surface area (Å²) < 4.78 is 12.9. The molecule has 5 nitrogen and oxygen atoms in total. The summed E-state index contributed by atoms with van der Waals surface area (Å²) in [5.74, 6) is 0.828. The van der Waals surface area contributed by atoms with Crippen molar-refractivity contribution in [1.29, 1.82) is 0 Å². The quantitative estimate of drug-likeness (QED) is 0.726. The number of nitrogens with zero attached hydrogens (tertiary/aromatic N) is 3. The van der Waals surface area contributed by atoms with Crippen molar-refractivity contribution in [3.05, 3.63) is 77.2 Å². The van der Waals surface area contributed by atoms with E-state index in [1.165, 1.54) is 23.3 Å². The zero-order chi connectivity index (χ0) is 16.8. The lowest BCUT2D eigenvalue weighted by molar-refractivity contribution is 0.627. The van der Waals surface area contributed by atoms with Gasteiger partial charge in [-0.15, -0.1) is 5.10 Å². The van der Waals surface area contributed by atoms with Crippen LogP contribution in [0.1, 0.15) is 16.7 Å². The van der Waals surface area contributed by atoms with Gasteiger partial charge in [-0.1, -0.05) is 36.4 Å². The number of aryl methyl sites for hydroxylation is 1. The molecule has 0 bridgehead atoms. The molecule has 1 aromatic heterocycles. The first-order chi connectivity index (χ1) is 11.7. The lowest BCUT2D eigenvalue weighted by Crippen LogP contribution is -2.08. The van der Waals surface area contributed by atoms with E-state index in [9.17, 15) is 4.39 Å². The smallest absolute Gasteiger partial charge is 0.244 e. The minimum atomic E-state index is -0.245. The molecule has 0 atom stereocenters. The van der Waals surface area contributed by atoms with Crippen molar-refractivity contribution < 1.29 is 4.39 Å². The molecule has 122 valence electrons. The van der Waals surface area contributed by atoms with E-state index >= 15 is 0 Å². The van der Waals surface area contributed by atoms with Crippen molar-refractivity contribution in [2.24, 2.45) is 0 Å². The average Bonchev–Trinajstić information content (AvgIpc) is 2.61. The lowest BCUT2D eigenvalue weighted by Gasteiger charge is -2.09. The predicted octanol–water partition coefficient (Wildman–Crippen LogP) is 3.54. The predicted molar refractivity (Wildman–Crippen MR) is 92.1 cm³/mol. The number of hydrogen-bond acceptors (Lipinski definition) is 5. The van der Waals surface area contributed by atoms with Crippen LogP contribution < -0.4 is 10.6 Å². The second kappa shape index (κ2) is 7.50. The van der Waals surface area contributed by atoms with E-state index in [1.807, 2.05) is 12.1 Å². The van der Waals surface area contributed by atoms with Gasteiger partial charge in [-0.2, -0.15) is 10.1 Å². The number of anilines is 2. The van der Waals surface area contributed by atoms with Crippen LogP contribution in [-0.4, -0.2) is 15.2 Å². The minimum Gasteiger partial charge on any atom is -0.365 e. The third-order valence-corrected chi connectivity index (χ3v) is 3.64. The van der Waals surface area contributed by atoms with E-state index in [0.717, 1.165) is 5.56 Å². The molecule has 0 amide bonds. The van der Waals surface area contributed by atoms with Crippen LogP contribution in [0.15, 0.2) is 54.7 Å². The van der Waals surface area contributed by atoms with Crippen LogP contribution in [0.4, 0.5) is 16.2 Å². The third-order valence-electron chi connectivity index (χ3n) is 3.64. The normalized spacial score (nSPS) is 10.4. The van der Waals surface area contributed by atoms with Gasteiger partial charge in [0.25, 0.3) is 0 Å². The van der Waals surface area contributed by atoms with Gasteiger partial charge in [-0.3, -0.25) is 0 Å². The third kappa shape index (κ3) is 4.25. The topological polar surface area (TPSA) is 62.7 Å². The van der Waals surface area contributed by atoms with Crippen LogP contribution in [-0.2, 0) is 13.1 Å². The van der Waals surface area contributed by atoms with Gasteiger partial charge in [-0.05, 0) is 35.7 Å². The molecule has 6 heteroatoms. The number of halogens is 1.